The zero-order valence-electron chi connectivity index (χ0n) is 13.1. The van der Waals surface area contributed by atoms with Crippen LogP contribution in [-0.4, -0.2) is 43.8 Å². The molecule has 1 aliphatic rings. The van der Waals surface area contributed by atoms with E-state index in [0.29, 0.717) is 6.04 Å². The summed E-state index contributed by atoms with van der Waals surface area (Å²) in [5, 5.41) is 3.49. The maximum Gasteiger partial charge on any atom is 0.134 e. The molecule has 1 unspecified atom stereocenters. The average molecular weight is 300 g/mol. The van der Waals surface area contributed by atoms with Gasteiger partial charge in [-0.1, -0.05) is 30.3 Å². The molecule has 4 heteroatoms. The van der Waals surface area contributed by atoms with E-state index in [9.17, 15) is 0 Å². The Balaban J connectivity index is 1.47. The first kappa shape index (κ1) is 15.3. The summed E-state index contributed by atoms with van der Waals surface area (Å²) in [4.78, 5) is 2.47. The van der Waals surface area contributed by atoms with Crippen LogP contribution in [0.5, 0.6) is 0 Å². The Morgan fingerprint density at radius 3 is 2.64 bits per heavy atom. The third kappa shape index (κ3) is 3.97. The molecule has 0 spiro atoms. The van der Waals surface area contributed by atoms with Crippen molar-refractivity contribution in [2.45, 2.75) is 19.5 Å². The highest BCUT2D eigenvalue weighted by Gasteiger charge is 2.16. The molecule has 22 heavy (non-hydrogen) atoms. The molecule has 4 nitrogen and oxygen atoms in total. The number of rotatable bonds is 6. The molecule has 0 aliphatic carbocycles. The van der Waals surface area contributed by atoms with Crippen molar-refractivity contribution < 1.29 is 9.15 Å². The van der Waals surface area contributed by atoms with Gasteiger partial charge in [0.2, 0.25) is 0 Å². The van der Waals surface area contributed by atoms with E-state index in [4.69, 9.17) is 9.15 Å². The molecule has 1 N–H and O–H groups in total. The molecule has 118 valence electrons. The molecule has 2 aromatic rings. The Morgan fingerprint density at radius 1 is 1.09 bits per heavy atom. The van der Waals surface area contributed by atoms with Gasteiger partial charge in [0.05, 0.1) is 19.8 Å². The van der Waals surface area contributed by atoms with Crippen LogP contribution >= 0.6 is 0 Å². The fraction of sp³-hybridized carbons (Fsp3) is 0.444. The highest BCUT2D eigenvalue weighted by molar-refractivity contribution is 5.57. The van der Waals surface area contributed by atoms with Crippen molar-refractivity contribution >= 4 is 0 Å². The van der Waals surface area contributed by atoms with Gasteiger partial charge in [-0.15, -0.1) is 0 Å². The number of hydrogen-bond donors (Lipinski definition) is 1. The van der Waals surface area contributed by atoms with Gasteiger partial charge >= 0.3 is 0 Å². The first-order chi connectivity index (χ1) is 10.8. The molecule has 1 saturated heterocycles. The standard InChI is InChI=1S/C18H24N2O2/c1-15(20-9-11-21-12-10-20)13-19-14-17-7-8-18(22-17)16-5-3-2-4-6-16/h2-8,15,19H,9-14H2,1H3. The summed E-state index contributed by atoms with van der Waals surface area (Å²) >= 11 is 0. The minimum absolute atomic E-state index is 0.521. The van der Waals surface area contributed by atoms with Gasteiger partial charge in [0, 0.05) is 31.2 Å². The van der Waals surface area contributed by atoms with E-state index in [0.717, 1.165) is 56.5 Å². The van der Waals surface area contributed by atoms with Crippen molar-refractivity contribution in [3.8, 4) is 11.3 Å². The van der Waals surface area contributed by atoms with Crippen molar-refractivity contribution in [2.24, 2.45) is 0 Å². The third-order valence-electron chi connectivity index (χ3n) is 4.13. The minimum Gasteiger partial charge on any atom is -0.460 e. The van der Waals surface area contributed by atoms with E-state index in [-0.39, 0.29) is 0 Å². The minimum atomic E-state index is 0.521. The summed E-state index contributed by atoms with van der Waals surface area (Å²) in [6.07, 6.45) is 0. The van der Waals surface area contributed by atoms with Crippen LogP contribution in [0.4, 0.5) is 0 Å². The van der Waals surface area contributed by atoms with Gasteiger partial charge in [0.25, 0.3) is 0 Å². The van der Waals surface area contributed by atoms with Crippen LogP contribution < -0.4 is 5.32 Å². The Kier molecular flexibility index (Phi) is 5.27. The summed E-state index contributed by atoms with van der Waals surface area (Å²) in [7, 11) is 0. The number of ether oxygens (including phenoxy) is 1. The van der Waals surface area contributed by atoms with Crippen molar-refractivity contribution in [1.82, 2.24) is 10.2 Å². The molecule has 1 atom stereocenters. The van der Waals surface area contributed by atoms with Crippen molar-refractivity contribution in [3.05, 3.63) is 48.2 Å². The highest BCUT2D eigenvalue weighted by Crippen LogP contribution is 2.21. The Bertz CT molecular complexity index is 561. The Hall–Kier alpha value is -1.62. The van der Waals surface area contributed by atoms with Crippen LogP contribution in [0.15, 0.2) is 46.9 Å². The summed E-state index contributed by atoms with van der Waals surface area (Å²) in [6.45, 7) is 7.74. The monoisotopic (exact) mass is 300 g/mol. The van der Waals surface area contributed by atoms with Crippen LogP contribution in [0.25, 0.3) is 11.3 Å². The Morgan fingerprint density at radius 2 is 1.86 bits per heavy atom. The van der Waals surface area contributed by atoms with E-state index in [1.54, 1.807) is 0 Å². The van der Waals surface area contributed by atoms with Crippen molar-refractivity contribution in [1.29, 1.82) is 0 Å². The van der Waals surface area contributed by atoms with Gasteiger partial charge in [-0.25, -0.2) is 0 Å². The van der Waals surface area contributed by atoms with Crippen LogP contribution in [-0.2, 0) is 11.3 Å². The topological polar surface area (TPSA) is 37.6 Å². The smallest absolute Gasteiger partial charge is 0.134 e. The lowest BCUT2D eigenvalue weighted by Gasteiger charge is -2.32. The molecule has 2 heterocycles. The molecule has 0 saturated carbocycles. The summed E-state index contributed by atoms with van der Waals surface area (Å²) in [5.74, 6) is 1.91. The molecule has 0 bridgehead atoms. The molecule has 0 radical (unpaired) electrons. The van der Waals surface area contributed by atoms with E-state index in [1.807, 2.05) is 24.3 Å². The molecule has 1 aromatic heterocycles. The summed E-state index contributed by atoms with van der Waals surface area (Å²) in [6, 6.07) is 14.8. The summed E-state index contributed by atoms with van der Waals surface area (Å²) < 4.78 is 11.3. The fourth-order valence-electron chi connectivity index (χ4n) is 2.78. The SMILES string of the molecule is CC(CNCc1ccc(-c2ccccc2)o1)N1CCOCC1. The van der Waals surface area contributed by atoms with Gasteiger partial charge in [-0.05, 0) is 19.1 Å². The zero-order valence-corrected chi connectivity index (χ0v) is 13.1. The highest BCUT2D eigenvalue weighted by atomic mass is 16.5. The van der Waals surface area contributed by atoms with E-state index < -0.39 is 0 Å². The normalized spacial score (nSPS) is 17.5. The van der Waals surface area contributed by atoms with Gasteiger partial charge in [0.15, 0.2) is 0 Å². The maximum absolute atomic E-state index is 5.90. The second-order valence-electron chi connectivity index (χ2n) is 5.76. The van der Waals surface area contributed by atoms with Crippen LogP contribution in [0.2, 0.25) is 0 Å². The quantitative estimate of drug-likeness (QED) is 0.890. The van der Waals surface area contributed by atoms with Crippen molar-refractivity contribution in [2.75, 3.05) is 32.8 Å². The molecule has 1 fully saturated rings. The van der Waals surface area contributed by atoms with E-state index in [1.165, 1.54) is 0 Å². The third-order valence-corrected chi connectivity index (χ3v) is 4.13. The predicted octanol–water partition coefficient (Wildman–Crippen LogP) is 2.76. The van der Waals surface area contributed by atoms with Gasteiger partial charge in [0.1, 0.15) is 11.5 Å². The Labute approximate surface area is 132 Å². The number of furan rings is 1. The molecule has 3 rings (SSSR count). The zero-order chi connectivity index (χ0) is 15.2. The fourth-order valence-corrected chi connectivity index (χ4v) is 2.78. The van der Waals surface area contributed by atoms with Gasteiger partial charge in [-0.2, -0.15) is 0 Å². The van der Waals surface area contributed by atoms with Crippen LogP contribution in [0.1, 0.15) is 12.7 Å². The van der Waals surface area contributed by atoms with Crippen LogP contribution in [0.3, 0.4) is 0 Å². The lowest BCUT2D eigenvalue weighted by Crippen LogP contribution is -2.46. The molecule has 1 aliphatic heterocycles. The van der Waals surface area contributed by atoms with E-state index in [2.05, 4.69) is 35.3 Å². The van der Waals surface area contributed by atoms with Crippen LogP contribution in [0, 0.1) is 0 Å². The second kappa shape index (κ2) is 7.58. The number of nitrogens with one attached hydrogen (secondary N) is 1. The van der Waals surface area contributed by atoms with Gasteiger partial charge < -0.3 is 14.5 Å². The maximum atomic E-state index is 5.90. The number of nitrogens with zero attached hydrogens (tertiary/aromatic N) is 1. The predicted molar refractivity (Wildman–Crippen MR) is 87.7 cm³/mol. The number of benzene rings is 1. The first-order valence-electron chi connectivity index (χ1n) is 7.99. The van der Waals surface area contributed by atoms with Crippen molar-refractivity contribution in [3.63, 3.8) is 0 Å². The molecule has 1 aromatic carbocycles. The lowest BCUT2D eigenvalue weighted by molar-refractivity contribution is 0.0203. The first-order valence-corrected chi connectivity index (χ1v) is 7.99. The van der Waals surface area contributed by atoms with Gasteiger partial charge in [-0.3, -0.25) is 4.90 Å². The molecular weight excluding hydrogens is 276 g/mol. The number of hydrogen-bond acceptors (Lipinski definition) is 4. The van der Waals surface area contributed by atoms with E-state index >= 15 is 0 Å². The average Bonchev–Trinajstić information content (AvgIpc) is 3.05. The second-order valence-corrected chi connectivity index (χ2v) is 5.76. The largest absolute Gasteiger partial charge is 0.460 e. The molecule has 0 amide bonds. The lowest BCUT2D eigenvalue weighted by atomic mass is 10.2. The molecular formula is C18H24N2O2. The summed E-state index contributed by atoms with van der Waals surface area (Å²) in [5.41, 5.74) is 1.12. The number of morpholine rings is 1.